The summed E-state index contributed by atoms with van der Waals surface area (Å²) in [4.78, 5) is 24.5. The molecule has 2 fully saturated rings. The Bertz CT molecular complexity index is 1250. The van der Waals surface area contributed by atoms with Gasteiger partial charge in [0, 0.05) is 42.9 Å². The lowest BCUT2D eigenvalue weighted by Gasteiger charge is -2.34. The fourth-order valence-corrected chi connectivity index (χ4v) is 5.16. The Kier molecular flexibility index (Phi) is 5.79. The largest absolute Gasteiger partial charge is 0.497 e. The fraction of sp³-hybridized carbons (Fsp3) is 0.435. The molecule has 174 valence electrons. The fourth-order valence-electron chi connectivity index (χ4n) is 4.79. The monoisotopic (exact) mass is 469 g/mol. The molecule has 3 aromatic rings. The van der Waals surface area contributed by atoms with Crippen molar-refractivity contribution in [2.75, 3.05) is 38.5 Å². The van der Waals surface area contributed by atoms with Gasteiger partial charge in [-0.15, -0.1) is 0 Å². The minimum Gasteiger partial charge on any atom is -0.497 e. The Morgan fingerprint density at radius 2 is 1.91 bits per heavy atom. The van der Waals surface area contributed by atoms with Crippen molar-refractivity contribution in [2.24, 2.45) is 0 Å². The zero-order valence-electron chi connectivity index (χ0n) is 18.9. The van der Waals surface area contributed by atoms with Gasteiger partial charge in [-0.2, -0.15) is 0 Å². The Hall–Kier alpha value is -2.98. The molecule has 1 aromatic carbocycles. The van der Waals surface area contributed by atoms with E-state index in [1.807, 2.05) is 12.3 Å². The molecule has 10 heteroatoms. The highest BCUT2D eigenvalue weighted by Crippen LogP contribution is 2.35. The van der Waals surface area contributed by atoms with Gasteiger partial charge in [0.1, 0.15) is 22.7 Å². The van der Waals surface area contributed by atoms with E-state index in [4.69, 9.17) is 14.5 Å². The van der Waals surface area contributed by atoms with E-state index in [0.717, 1.165) is 31.5 Å². The number of ether oxygens (including phenoxy) is 2. The van der Waals surface area contributed by atoms with Crippen molar-refractivity contribution in [3.05, 3.63) is 40.2 Å². The van der Waals surface area contributed by atoms with Crippen molar-refractivity contribution in [2.45, 2.75) is 36.6 Å². The van der Waals surface area contributed by atoms with Crippen molar-refractivity contribution in [3.63, 3.8) is 0 Å². The molecule has 4 heterocycles. The van der Waals surface area contributed by atoms with Gasteiger partial charge in [0.15, 0.2) is 5.16 Å². The Morgan fingerprint density at radius 1 is 1.15 bits per heavy atom. The van der Waals surface area contributed by atoms with Crippen LogP contribution in [0.3, 0.4) is 0 Å². The summed E-state index contributed by atoms with van der Waals surface area (Å²) in [6.07, 6.45) is 4.17. The summed E-state index contributed by atoms with van der Waals surface area (Å²) in [6.45, 7) is 1.76. The van der Waals surface area contributed by atoms with Crippen LogP contribution in [0.25, 0.3) is 10.9 Å². The molecular formula is C23H27N5O4S. The first-order valence-corrected chi connectivity index (χ1v) is 12.1. The molecule has 0 saturated carbocycles. The maximum Gasteiger partial charge on any atom is 0.255 e. The second-order valence-corrected chi connectivity index (χ2v) is 9.18. The second kappa shape index (κ2) is 8.75. The van der Waals surface area contributed by atoms with Gasteiger partial charge in [0.2, 0.25) is 5.88 Å². The molecular weight excluding hydrogens is 442 g/mol. The van der Waals surface area contributed by atoms with Gasteiger partial charge >= 0.3 is 0 Å². The molecule has 2 aliphatic rings. The number of hydrogen-bond donors (Lipinski definition) is 2. The average Bonchev–Trinajstić information content (AvgIpc) is 3.17. The molecule has 2 N–H and O–H groups in total. The van der Waals surface area contributed by atoms with Crippen LogP contribution < -0.4 is 25.2 Å². The van der Waals surface area contributed by atoms with Crippen LogP contribution in [0.15, 0.2) is 34.2 Å². The van der Waals surface area contributed by atoms with Gasteiger partial charge in [-0.05, 0) is 31.2 Å². The van der Waals surface area contributed by atoms with Crippen LogP contribution in [0.1, 0.15) is 18.4 Å². The molecule has 0 amide bonds. The summed E-state index contributed by atoms with van der Waals surface area (Å²) in [6, 6.07) is 7.68. The van der Waals surface area contributed by atoms with Crippen LogP contribution in [0.4, 0.5) is 5.82 Å². The third-order valence-corrected chi connectivity index (χ3v) is 6.97. The first kappa shape index (κ1) is 21.8. The number of aromatic hydroxyl groups is 1. The summed E-state index contributed by atoms with van der Waals surface area (Å²) in [7, 11) is 3.15. The Balaban J connectivity index is 1.63. The number of hydrogen-bond acceptors (Lipinski definition) is 9. The number of fused-ring (bicyclic) bond motifs is 3. The highest BCUT2D eigenvalue weighted by molar-refractivity contribution is 7.98. The SMILES string of the molecule is COc1ccc(Cn2c(O)c3c(N4CC5CCC(C4)N5)nc(SC)nc3cc2=O)c(OC)c1. The van der Waals surface area contributed by atoms with Crippen LogP contribution in [-0.4, -0.2) is 65.3 Å². The highest BCUT2D eigenvalue weighted by Gasteiger charge is 2.34. The molecule has 0 radical (unpaired) electrons. The molecule has 0 spiro atoms. The van der Waals surface area contributed by atoms with Crippen LogP contribution >= 0.6 is 11.8 Å². The molecule has 2 unspecified atom stereocenters. The van der Waals surface area contributed by atoms with E-state index in [1.165, 1.54) is 22.4 Å². The van der Waals surface area contributed by atoms with E-state index in [-0.39, 0.29) is 18.0 Å². The van der Waals surface area contributed by atoms with E-state index in [0.29, 0.717) is 45.5 Å². The first-order valence-electron chi connectivity index (χ1n) is 10.9. The van der Waals surface area contributed by atoms with E-state index in [2.05, 4.69) is 15.2 Å². The number of rotatable bonds is 6. The van der Waals surface area contributed by atoms with Crippen molar-refractivity contribution in [3.8, 4) is 17.4 Å². The van der Waals surface area contributed by atoms with Gasteiger partial charge in [-0.3, -0.25) is 9.36 Å². The van der Waals surface area contributed by atoms with Crippen LogP contribution in [0.5, 0.6) is 17.4 Å². The number of piperazine rings is 1. The van der Waals surface area contributed by atoms with Gasteiger partial charge in [-0.25, -0.2) is 9.97 Å². The molecule has 9 nitrogen and oxygen atoms in total. The second-order valence-electron chi connectivity index (χ2n) is 8.41. The summed E-state index contributed by atoms with van der Waals surface area (Å²) in [5.41, 5.74) is 0.865. The highest BCUT2D eigenvalue weighted by atomic mass is 32.2. The molecule has 0 aliphatic carbocycles. The van der Waals surface area contributed by atoms with Crippen molar-refractivity contribution >= 4 is 28.5 Å². The number of pyridine rings is 1. The van der Waals surface area contributed by atoms with Gasteiger partial charge in [0.05, 0.1) is 26.3 Å². The summed E-state index contributed by atoms with van der Waals surface area (Å²) >= 11 is 1.42. The summed E-state index contributed by atoms with van der Waals surface area (Å²) < 4.78 is 12.1. The lowest BCUT2D eigenvalue weighted by atomic mass is 10.1. The standard InChI is InChI=1S/C23H27N5O4S/c1-31-16-7-4-13(18(8-16)32-2)10-28-19(29)9-17-20(22(28)30)21(26-23(25-17)33-3)27-11-14-5-6-15(12-27)24-14/h4,7-9,14-15,24,30H,5-6,10-12H2,1-3H3. The zero-order chi connectivity index (χ0) is 23.1. The van der Waals surface area contributed by atoms with Gasteiger partial charge in [0.25, 0.3) is 5.56 Å². The molecule has 5 rings (SSSR count). The van der Waals surface area contributed by atoms with Gasteiger partial charge in [-0.1, -0.05) is 11.8 Å². The Labute approximate surface area is 195 Å². The first-order chi connectivity index (χ1) is 16.0. The third kappa shape index (κ3) is 3.97. The van der Waals surface area contributed by atoms with Crippen LogP contribution in [0, 0.1) is 0 Å². The molecule has 33 heavy (non-hydrogen) atoms. The van der Waals surface area contributed by atoms with Gasteiger partial charge < -0.3 is 24.8 Å². The van der Waals surface area contributed by atoms with Crippen molar-refractivity contribution in [1.82, 2.24) is 19.9 Å². The molecule has 2 aliphatic heterocycles. The number of benzene rings is 1. The minimum absolute atomic E-state index is 0.135. The van der Waals surface area contributed by atoms with E-state index in [1.54, 1.807) is 26.4 Å². The lowest BCUT2D eigenvalue weighted by molar-refractivity contribution is 0.386. The van der Waals surface area contributed by atoms with E-state index >= 15 is 0 Å². The molecule has 2 bridgehead atoms. The van der Waals surface area contributed by atoms with E-state index in [9.17, 15) is 9.90 Å². The normalized spacial score (nSPS) is 19.8. The van der Waals surface area contributed by atoms with E-state index < -0.39 is 0 Å². The average molecular weight is 470 g/mol. The molecule has 2 aromatic heterocycles. The number of aromatic nitrogens is 3. The number of nitrogens with one attached hydrogen (secondary N) is 1. The lowest BCUT2D eigenvalue weighted by Crippen LogP contribution is -2.51. The maximum absolute atomic E-state index is 13.0. The third-order valence-electron chi connectivity index (χ3n) is 6.42. The predicted molar refractivity (Wildman–Crippen MR) is 128 cm³/mol. The predicted octanol–water partition coefficient (Wildman–Crippen LogP) is 2.23. The molecule has 2 saturated heterocycles. The number of anilines is 1. The summed E-state index contributed by atoms with van der Waals surface area (Å²) in [5, 5.41) is 16.1. The topological polar surface area (TPSA) is 102 Å². The number of thioether (sulfide) groups is 1. The molecule has 2 atom stereocenters. The maximum atomic E-state index is 13.0. The Morgan fingerprint density at radius 3 is 2.58 bits per heavy atom. The van der Waals surface area contributed by atoms with Crippen molar-refractivity contribution < 1.29 is 14.6 Å². The van der Waals surface area contributed by atoms with Crippen LogP contribution in [0.2, 0.25) is 0 Å². The number of nitrogens with zero attached hydrogens (tertiary/aromatic N) is 4. The smallest absolute Gasteiger partial charge is 0.255 e. The quantitative estimate of drug-likeness (QED) is 0.416. The minimum atomic E-state index is -0.338. The summed E-state index contributed by atoms with van der Waals surface area (Å²) in [5.74, 6) is 1.77. The zero-order valence-corrected chi connectivity index (χ0v) is 19.7. The van der Waals surface area contributed by atoms with Crippen LogP contribution in [-0.2, 0) is 6.54 Å². The van der Waals surface area contributed by atoms with Crippen molar-refractivity contribution in [1.29, 1.82) is 0 Å². The number of methoxy groups -OCH3 is 2.